The van der Waals surface area contributed by atoms with E-state index < -0.39 is 19.1 Å². The van der Waals surface area contributed by atoms with Gasteiger partial charge in [-0.25, -0.2) is 0 Å². The fourth-order valence-corrected chi connectivity index (χ4v) is 21.0. The van der Waals surface area contributed by atoms with Crippen LogP contribution in [0.4, 0.5) is 11.4 Å². The fraction of sp³-hybridized carbons (Fsp3) is 0.400. The van der Waals surface area contributed by atoms with Gasteiger partial charge >= 0.3 is 271 Å². The van der Waals surface area contributed by atoms with Gasteiger partial charge in [-0.1, -0.05) is 0 Å². The molecule has 0 bridgehead atoms. The molecule has 0 saturated heterocycles. The van der Waals surface area contributed by atoms with Gasteiger partial charge < -0.3 is 0 Å². The van der Waals surface area contributed by atoms with E-state index in [-0.39, 0.29) is 0 Å². The molecule has 44 heavy (non-hydrogen) atoms. The molecule has 0 amide bonds. The number of aryl methyl sites for hydroxylation is 2. The van der Waals surface area contributed by atoms with Gasteiger partial charge in [0, 0.05) is 0 Å². The molecular weight excluding hydrogens is 614 g/mol. The Morgan fingerprint density at radius 2 is 0.841 bits per heavy atom. The summed E-state index contributed by atoms with van der Waals surface area (Å²) < 4.78 is 12.4. The van der Waals surface area contributed by atoms with Crippen molar-refractivity contribution in [1.82, 2.24) is 0 Å². The van der Waals surface area contributed by atoms with E-state index in [0.29, 0.717) is 0 Å². The molecule has 0 radical (unpaired) electrons. The summed E-state index contributed by atoms with van der Waals surface area (Å²) in [5, 5.41) is 0. The Labute approximate surface area is 270 Å². The predicted octanol–water partition coefficient (Wildman–Crippen LogP) is 9.53. The van der Waals surface area contributed by atoms with Crippen LogP contribution in [0.5, 0.6) is 0 Å². The summed E-state index contributed by atoms with van der Waals surface area (Å²) >= 11 is -4.08. The Morgan fingerprint density at radius 3 is 1.18 bits per heavy atom. The number of anilines is 2. The Balaban J connectivity index is 1.75. The summed E-state index contributed by atoms with van der Waals surface area (Å²) in [4.78, 5) is 4.98. The zero-order valence-electron chi connectivity index (χ0n) is 29.1. The second kappa shape index (κ2) is 13.8. The Bertz CT molecular complexity index is 1470. The SMILES string of the molecule is Cc1cc(N(C)C[CH2][Zr]([NH2])([CH2]CN(C)c2cc(C)c(C)c(C)c2C)([CH2]c2ccccc2)[CH2]c2ccccc2)c(C)c(C)c1C. The molecule has 0 unspecified atom stereocenters. The molecule has 0 spiro atoms. The standard InChI is InChI=1S/2C13H20N.2C7H7.H2N.Zr/c2*1-7-14(6)13-8-9(2)10(3)11(4)12(13)5;2*1-7-5-3-2-4-6-7;;/h2*8H,1,7H2,2-6H3;2*2-6H,1H2;1H2;/q;;;;-1;+1. The van der Waals surface area contributed by atoms with Crippen LogP contribution in [0.25, 0.3) is 0 Å². The number of nitrogens with two attached hydrogens (primary N) is 1. The summed E-state index contributed by atoms with van der Waals surface area (Å²) in [6.07, 6.45) is 0. The average Bonchev–Trinajstić information content (AvgIpc) is 3.01. The van der Waals surface area contributed by atoms with Gasteiger partial charge in [0.25, 0.3) is 0 Å². The summed E-state index contributed by atoms with van der Waals surface area (Å²) in [5.41, 5.74) is 16.5. The van der Waals surface area contributed by atoms with Crippen LogP contribution in [0, 0.1) is 55.4 Å². The fourth-order valence-electron chi connectivity index (χ4n) is 7.19. The monoisotopic (exact) mass is 668 g/mol. The van der Waals surface area contributed by atoms with Crippen LogP contribution in [0.1, 0.15) is 55.6 Å². The first-order chi connectivity index (χ1) is 20.7. The first kappa shape index (κ1) is 34.2. The number of hydrogen-bond donors (Lipinski definition) is 1. The van der Waals surface area contributed by atoms with E-state index in [4.69, 9.17) is 3.68 Å². The number of hydrogen-bond acceptors (Lipinski definition) is 3. The first-order valence-electron chi connectivity index (χ1n) is 16.4. The van der Waals surface area contributed by atoms with E-state index in [9.17, 15) is 0 Å². The quantitative estimate of drug-likeness (QED) is 0.163. The van der Waals surface area contributed by atoms with Crippen LogP contribution in [-0.4, -0.2) is 27.2 Å². The molecule has 0 aliphatic carbocycles. The van der Waals surface area contributed by atoms with E-state index in [1.54, 1.807) is 0 Å². The molecule has 0 saturated carbocycles. The topological polar surface area (TPSA) is 32.5 Å². The number of nitrogens with zero attached hydrogens (tertiary/aromatic N) is 2. The Hall–Kier alpha value is -2.68. The van der Waals surface area contributed by atoms with Crippen LogP contribution in [0.15, 0.2) is 72.8 Å². The van der Waals surface area contributed by atoms with Crippen molar-refractivity contribution in [3.05, 3.63) is 128 Å². The van der Waals surface area contributed by atoms with Crippen LogP contribution < -0.4 is 13.5 Å². The van der Waals surface area contributed by atoms with E-state index >= 15 is 0 Å². The maximum absolute atomic E-state index is 8.24. The second-order valence-electron chi connectivity index (χ2n) is 14.2. The maximum atomic E-state index is 8.24. The molecule has 3 nitrogen and oxygen atoms in total. The Kier molecular flexibility index (Phi) is 10.7. The van der Waals surface area contributed by atoms with Gasteiger partial charge in [0.1, 0.15) is 0 Å². The summed E-state index contributed by atoms with van der Waals surface area (Å²) in [7, 11) is 4.55. The van der Waals surface area contributed by atoms with E-state index in [0.717, 1.165) is 29.6 Å². The van der Waals surface area contributed by atoms with Gasteiger partial charge in [0.15, 0.2) is 0 Å². The van der Waals surface area contributed by atoms with Gasteiger partial charge in [-0.15, -0.1) is 0 Å². The minimum atomic E-state index is -4.08. The molecule has 4 rings (SSSR count). The molecule has 4 aromatic rings. The second-order valence-corrected chi connectivity index (χ2v) is 29.7. The molecule has 235 valence electrons. The van der Waals surface area contributed by atoms with E-state index in [1.165, 1.54) is 67.0 Å². The summed E-state index contributed by atoms with van der Waals surface area (Å²) in [6.45, 7) is 20.0. The third-order valence-corrected chi connectivity index (χ3v) is 25.5. The van der Waals surface area contributed by atoms with Crippen molar-refractivity contribution in [3.63, 3.8) is 0 Å². The van der Waals surface area contributed by atoms with Gasteiger partial charge in [-0.05, 0) is 0 Å². The van der Waals surface area contributed by atoms with Crippen molar-refractivity contribution in [3.8, 4) is 0 Å². The molecule has 0 heterocycles. The predicted molar refractivity (Wildman–Crippen MR) is 191 cm³/mol. The molecule has 2 N–H and O–H groups in total. The number of rotatable bonds is 12. The van der Waals surface area contributed by atoms with Crippen molar-refractivity contribution < 1.29 is 19.1 Å². The average molecular weight is 670 g/mol. The summed E-state index contributed by atoms with van der Waals surface area (Å²) in [5.74, 6) is 0. The van der Waals surface area contributed by atoms with Crippen molar-refractivity contribution >= 4 is 11.4 Å². The molecule has 0 aromatic heterocycles. The molecular formula is C40H56N3Zr. The van der Waals surface area contributed by atoms with E-state index in [1.807, 2.05) is 0 Å². The summed E-state index contributed by atoms with van der Waals surface area (Å²) in [6, 6.07) is 26.9. The van der Waals surface area contributed by atoms with Crippen LogP contribution in [-0.2, 0) is 27.3 Å². The molecule has 0 fully saturated rings. The van der Waals surface area contributed by atoms with Crippen LogP contribution >= 0.6 is 0 Å². The minimum absolute atomic E-state index is 0.968. The molecule has 4 heteroatoms. The third kappa shape index (κ3) is 7.57. The third-order valence-electron chi connectivity index (χ3n) is 11.0. The van der Waals surface area contributed by atoms with Gasteiger partial charge in [0.2, 0.25) is 0 Å². The van der Waals surface area contributed by atoms with E-state index in [2.05, 4.69) is 152 Å². The first-order valence-corrected chi connectivity index (χ1v) is 24.7. The zero-order chi connectivity index (χ0) is 32.3. The van der Waals surface area contributed by atoms with Gasteiger partial charge in [-0.2, -0.15) is 0 Å². The Morgan fingerprint density at radius 1 is 0.500 bits per heavy atom. The van der Waals surface area contributed by atoms with Crippen molar-refractivity contribution in [2.24, 2.45) is 3.68 Å². The van der Waals surface area contributed by atoms with Crippen LogP contribution in [0.2, 0.25) is 8.26 Å². The van der Waals surface area contributed by atoms with Crippen LogP contribution in [0.3, 0.4) is 0 Å². The molecule has 0 atom stereocenters. The van der Waals surface area contributed by atoms with Crippen molar-refractivity contribution in [1.29, 1.82) is 0 Å². The van der Waals surface area contributed by atoms with Crippen molar-refractivity contribution in [2.45, 2.75) is 71.9 Å². The van der Waals surface area contributed by atoms with Crippen molar-refractivity contribution in [2.75, 3.05) is 37.0 Å². The molecule has 0 aliphatic rings. The number of benzene rings is 4. The molecule has 0 aliphatic heterocycles. The molecule has 4 aromatic carbocycles. The van der Waals surface area contributed by atoms with Gasteiger partial charge in [0.05, 0.1) is 0 Å². The van der Waals surface area contributed by atoms with Gasteiger partial charge in [-0.3, -0.25) is 0 Å². The zero-order valence-corrected chi connectivity index (χ0v) is 31.6. The normalized spacial score (nSPS) is 12.6.